The molecule has 0 fully saturated rings. The van der Waals surface area contributed by atoms with Crippen molar-refractivity contribution in [2.45, 2.75) is 53.9 Å². The van der Waals surface area contributed by atoms with E-state index in [0.717, 1.165) is 50.6 Å². The molecule has 0 heterocycles. The summed E-state index contributed by atoms with van der Waals surface area (Å²) in [7, 11) is 0. The molecule has 3 nitrogen and oxygen atoms in total. The summed E-state index contributed by atoms with van der Waals surface area (Å²) in [5, 5.41) is 0. The van der Waals surface area contributed by atoms with Crippen LogP contribution in [0, 0.1) is 41.5 Å². The molecule has 0 bridgehead atoms. The van der Waals surface area contributed by atoms with E-state index in [0.29, 0.717) is 19.8 Å². The van der Waals surface area contributed by atoms with Crippen molar-refractivity contribution in [3.8, 4) is 17.2 Å². The average Bonchev–Trinajstić information content (AvgIpc) is 2.86. The highest BCUT2D eigenvalue weighted by Crippen LogP contribution is 2.45. The Morgan fingerprint density at radius 1 is 0.500 bits per heavy atom. The summed E-state index contributed by atoms with van der Waals surface area (Å²) in [5.74, 6) is 2.74. The monoisotopic (exact) mass is 510 g/mol. The fourth-order valence-electron chi connectivity index (χ4n) is 5.33. The van der Waals surface area contributed by atoms with Gasteiger partial charge in [0.05, 0.1) is 0 Å². The van der Waals surface area contributed by atoms with Gasteiger partial charge in [-0.15, -0.1) is 0 Å². The Bertz CT molecular complexity index is 1110. The third kappa shape index (κ3) is 5.72. The number of rotatable bonds is 12. The molecule has 3 aromatic carbocycles. The quantitative estimate of drug-likeness (QED) is 0.180. The number of ether oxygens (including phenoxy) is 3. The highest BCUT2D eigenvalue weighted by Gasteiger charge is 2.34. The summed E-state index contributed by atoms with van der Waals surface area (Å²) < 4.78 is 18.0. The van der Waals surface area contributed by atoms with Crippen LogP contribution in [0.3, 0.4) is 0 Å². The van der Waals surface area contributed by atoms with Crippen LogP contribution < -0.4 is 14.2 Å². The molecule has 3 heteroatoms. The first-order valence-corrected chi connectivity index (χ1v) is 13.1. The molecule has 200 valence electrons. The molecule has 0 saturated carbocycles. The predicted molar refractivity (Wildman–Crippen MR) is 160 cm³/mol. The average molecular weight is 511 g/mol. The first kappa shape index (κ1) is 28.8. The van der Waals surface area contributed by atoms with Crippen LogP contribution >= 0.6 is 0 Å². The molecular weight excluding hydrogens is 468 g/mol. The lowest BCUT2D eigenvalue weighted by Gasteiger charge is -2.35. The summed E-state index contributed by atoms with van der Waals surface area (Å²) in [6.45, 7) is 27.8. The lowest BCUT2D eigenvalue weighted by Crippen LogP contribution is -2.27. The van der Waals surface area contributed by atoms with E-state index in [1.165, 1.54) is 16.7 Å². The summed E-state index contributed by atoms with van der Waals surface area (Å²) in [4.78, 5) is 0. The van der Waals surface area contributed by atoms with E-state index in [2.05, 4.69) is 105 Å². The first-order chi connectivity index (χ1) is 18.1. The van der Waals surface area contributed by atoms with E-state index in [1.807, 2.05) is 0 Å². The fraction of sp³-hybridized carbons (Fsp3) is 0.314. The molecule has 0 aliphatic heterocycles. The number of aryl methyl sites for hydroxylation is 6. The Balaban J connectivity index is 2.31. The molecule has 3 aromatic rings. The van der Waals surface area contributed by atoms with Crippen LogP contribution in [0.2, 0.25) is 0 Å². The molecule has 0 aliphatic carbocycles. The normalized spacial score (nSPS) is 11.1. The summed E-state index contributed by atoms with van der Waals surface area (Å²) in [5.41, 5.74) is 9.79. The second kappa shape index (κ2) is 12.2. The summed E-state index contributed by atoms with van der Waals surface area (Å²) in [6.07, 6.45) is 5.33. The molecular formula is C35H42O3. The van der Waals surface area contributed by atoms with Crippen molar-refractivity contribution in [1.29, 1.82) is 0 Å². The van der Waals surface area contributed by atoms with E-state index >= 15 is 0 Å². The Kier molecular flexibility index (Phi) is 9.27. The molecule has 0 spiro atoms. The first-order valence-electron chi connectivity index (χ1n) is 13.1. The van der Waals surface area contributed by atoms with Gasteiger partial charge in [-0.25, -0.2) is 0 Å². The standard InChI is InChI=1S/C35H42O3/c1-11-14-36-32-23(4)17-29(18-24(32)5)35(10,30-19-25(6)33(26(7)20-30)37-15-12-2)31-21-27(8)34(28(9)22-31)38-16-13-3/h11-13,17-22H,1-3,14-16H2,4-10H3. The molecule has 3 rings (SSSR count). The molecule has 0 aliphatic rings. The van der Waals surface area contributed by atoms with Crippen molar-refractivity contribution < 1.29 is 14.2 Å². The van der Waals surface area contributed by atoms with E-state index in [9.17, 15) is 0 Å². The van der Waals surface area contributed by atoms with Crippen LogP contribution in [-0.4, -0.2) is 19.8 Å². The molecule has 0 amide bonds. The molecule has 0 N–H and O–H groups in total. The third-order valence-electron chi connectivity index (χ3n) is 7.15. The zero-order valence-electron chi connectivity index (χ0n) is 24.2. The smallest absolute Gasteiger partial charge is 0.125 e. The van der Waals surface area contributed by atoms with Gasteiger partial charge in [0.15, 0.2) is 0 Å². The fourth-order valence-corrected chi connectivity index (χ4v) is 5.33. The van der Waals surface area contributed by atoms with Gasteiger partial charge in [-0.05, 0) is 98.5 Å². The Hall–Kier alpha value is -3.72. The van der Waals surface area contributed by atoms with Gasteiger partial charge in [-0.3, -0.25) is 0 Å². The second-order valence-electron chi connectivity index (χ2n) is 10.2. The SMILES string of the molecule is C=CCOc1c(C)cc(C(C)(c2cc(C)c(OCC=C)c(C)c2)c2cc(C)c(OCC=C)c(C)c2)cc1C. The van der Waals surface area contributed by atoms with Gasteiger partial charge in [0.2, 0.25) is 0 Å². The van der Waals surface area contributed by atoms with Crippen molar-refractivity contribution in [2.24, 2.45) is 0 Å². The highest BCUT2D eigenvalue weighted by molar-refractivity contribution is 5.59. The van der Waals surface area contributed by atoms with Crippen molar-refractivity contribution in [2.75, 3.05) is 19.8 Å². The molecule has 0 radical (unpaired) electrons. The Morgan fingerprint density at radius 3 is 0.895 bits per heavy atom. The zero-order valence-corrected chi connectivity index (χ0v) is 24.2. The van der Waals surface area contributed by atoms with Crippen molar-refractivity contribution >= 4 is 0 Å². The van der Waals surface area contributed by atoms with Gasteiger partial charge in [0, 0.05) is 5.41 Å². The van der Waals surface area contributed by atoms with E-state index in [1.54, 1.807) is 18.2 Å². The van der Waals surface area contributed by atoms with Crippen LogP contribution in [0.4, 0.5) is 0 Å². The van der Waals surface area contributed by atoms with Gasteiger partial charge in [-0.1, -0.05) is 74.4 Å². The van der Waals surface area contributed by atoms with Gasteiger partial charge in [0.1, 0.15) is 37.1 Å². The largest absolute Gasteiger partial charge is 0.489 e. The Morgan fingerprint density at radius 2 is 0.711 bits per heavy atom. The summed E-state index contributed by atoms with van der Waals surface area (Å²) in [6, 6.07) is 13.5. The van der Waals surface area contributed by atoms with Crippen LogP contribution in [0.15, 0.2) is 74.4 Å². The maximum atomic E-state index is 6.01. The van der Waals surface area contributed by atoms with Crippen molar-refractivity contribution in [1.82, 2.24) is 0 Å². The Labute approximate surface area is 229 Å². The maximum absolute atomic E-state index is 6.01. The van der Waals surface area contributed by atoms with E-state index < -0.39 is 5.41 Å². The summed E-state index contributed by atoms with van der Waals surface area (Å²) >= 11 is 0. The molecule has 0 unspecified atom stereocenters. The number of hydrogen-bond donors (Lipinski definition) is 0. The number of benzene rings is 3. The minimum Gasteiger partial charge on any atom is -0.489 e. The molecule has 38 heavy (non-hydrogen) atoms. The molecule has 0 saturated heterocycles. The molecule has 0 aromatic heterocycles. The number of hydrogen-bond acceptors (Lipinski definition) is 3. The van der Waals surface area contributed by atoms with Crippen LogP contribution in [0.1, 0.15) is 57.0 Å². The predicted octanol–water partition coefficient (Wildman–Crippen LogP) is 8.59. The van der Waals surface area contributed by atoms with Gasteiger partial charge >= 0.3 is 0 Å². The van der Waals surface area contributed by atoms with E-state index in [-0.39, 0.29) is 0 Å². The van der Waals surface area contributed by atoms with Crippen LogP contribution in [-0.2, 0) is 5.41 Å². The maximum Gasteiger partial charge on any atom is 0.125 e. The van der Waals surface area contributed by atoms with Crippen LogP contribution in [0.5, 0.6) is 17.2 Å². The second-order valence-corrected chi connectivity index (χ2v) is 10.2. The zero-order chi connectivity index (χ0) is 28.0. The lowest BCUT2D eigenvalue weighted by molar-refractivity contribution is 0.357. The van der Waals surface area contributed by atoms with Gasteiger partial charge in [0.25, 0.3) is 0 Å². The third-order valence-corrected chi connectivity index (χ3v) is 7.15. The lowest BCUT2D eigenvalue weighted by atomic mass is 9.69. The van der Waals surface area contributed by atoms with Crippen LogP contribution in [0.25, 0.3) is 0 Å². The van der Waals surface area contributed by atoms with Gasteiger partial charge < -0.3 is 14.2 Å². The highest BCUT2D eigenvalue weighted by atomic mass is 16.5. The topological polar surface area (TPSA) is 27.7 Å². The minimum atomic E-state index is -0.439. The minimum absolute atomic E-state index is 0.439. The van der Waals surface area contributed by atoms with Crippen molar-refractivity contribution in [3.63, 3.8) is 0 Å². The van der Waals surface area contributed by atoms with Crippen molar-refractivity contribution in [3.05, 3.63) is 124 Å². The van der Waals surface area contributed by atoms with E-state index in [4.69, 9.17) is 14.2 Å². The molecule has 0 atom stereocenters. The van der Waals surface area contributed by atoms with Gasteiger partial charge in [-0.2, -0.15) is 0 Å².